The monoisotopic (exact) mass is 348 g/mol. The molecule has 0 aliphatic rings. The maximum Gasteiger partial charge on any atom is 0.286 e. The van der Waals surface area contributed by atoms with Crippen molar-refractivity contribution in [2.45, 2.75) is 0 Å². The van der Waals surface area contributed by atoms with Gasteiger partial charge < -0.3 is 9.30 Å². The molecule has 0 radical (unpaired) electrons. The van der Waals surface area contributed by atoms with Crippen LogP contribution >= 0.6 is 11.3 Å². The zero-order valence-corrected chi connectivity index (χ0v) is 14.5. The van der Waals surface area contributed by atoms with Crippen LogP contribution in [0.1, 0.15) is 0 Å². The minimum absolute atomic E-state index is 0.0704. The first kappa shape index (κ1) is 15.6. The van der Waals surface area contributed by atoms with Crippen molar-refractivity contribution >= 4 is 38.2 Å². The Hall–Kier alpha value is -2.92. The van der Waals surface area contributed by atoms with Gasteiger partial charge in [0.05, 0.1) is 10.2 Å². The van der Waals surface area contributed by atoms with Crippen LogP contribution in [0.25, 0.3) is 21.0 Å². The molecule has 0 bridgehead atoms. The Balaban J connectivity index is 1.69. The van der Waals surface area contributed by atoms with E-state index in [0.29, 0.717) is 10.6 Å². The van der Waals surface area contributed by atoms with E-state index in [9.17, 15) is 4.79 Å². The number of carbonyl (C=O) groups excluding carboxylic acids is 1. The van der Waals surface area contributed by atoms with E-state index >= 15 is 0 Å². The number of amides is 1. The summed E-state index contributed by atoms with van der Waals surface area (Å²) in [7, 11) is 1.94. The number of aryl methyl sites for hydroxylation is 1. The normalized spacial score (nSPS) is 12.0. The molecule has 4 rings (SSSR count). The fourth-order valence-electron chi connectivity index (χ4n) is 2.82. The number of benzene rings is 3. The highest BCUT2D eigenvalue weighted by Crippen LogP contribution is 2.26. The van der Waals surface area contributed by atoms with E-state index in [4.69, 9.17) is 4.74 Å². The molecule has 4 aromatic rings. The van der Waals surface area contributed by atoms with Crippen molar-refractivity contribution in [1.82, 2.24) is 4.57 Å². The van der Waals surface area contributed by atoms with Gasteiger partial charge in [0.15, 0.2) is 11.4 Å². The highest BCUT2D eigenvalue weighted by molar-refractivity contribution is 7.16. The summed E-state index contributed by atoms with van der Waals surface area (Å²) < 4.78 is 8.56. The fraction of sp³-hybridized carbons (Fsp3) is 0.100. The van der Waals surface area contributed by atoms with Gasteiger partial charge in [0.1, 0.15) is 5.75 Å². The van der Waals surface area contributed by atoms with Gasteiger partial charge in [-0.1, -0.05) is 59.9 Å². The summed E-state index contributed by atoms with van der Waals surface area (Å²) in [5, 5.41) is 2.34. The highest BCUT2D eigenvalue weighted by atomic mass is 32.1. The van der Waals surface area contributed by atoms with Crippen molar-refractivity contribution in [1.29, 1.82) is 0 Å². The van der Waals surface area contributed by atoms with Crippen molar-refractivity contribution in [3.05, 3.63) is 71.5 Å². The molecular formula is C20H16N2O2S. The molecule has 0 unspecified atom stereocenters. The van der Waals surface area contributed by atoms with Gasteiger partial charge in [-0.25, -0.2) is 0 Å². The van der Waals surface area contributed by atoms with Crippen molar-refractivity contribution in [3.8, 4) is 5.75 Å². The summed E-state index contributed by atoms with van der Waals surface area (Å²) in [6.45, 7) is -0.0704. The number of para-hydroxylation sites is 1. The first-order valence-corrected chi connectivity index (χ1v) is 8.77. The van der Waals surface area contributed by atoms with Crippen LogP contribution < -0.4 is 9.54 Å². The Kier molecular flexibility index (Phi) is 4.07. The third-order valence-electron chi connectivity index (χ3n) is 4.01. The number of nitrogens with zero attached hydrogens (tertiary/aromatic N) is 2. The van der Waals surface area contributed by atoms with E-state index in [1.54, 1.807) is 0 Å². The van der Waals surface area contributed by atoms with Crippen LogP contribution in [0.15, 0.2) is 71.7 Å². The van der Waals surface area contributed by atoms with Crippen LogP contribution in [0.3, 0.4) is 0 Å². The smallest absolute Gasteiger partial charge is 0.286 e. The van der Waals surface area contributed by atoms with Crippen molar-refractivity contribution in [3.63, 3.8) is 0 Å². The molecule has 0 atom stereocenters. The molecule has 1 amide bonds. The summed E-state index contributed by atoms with van der Waals surface area (Å²) in [6.07, 6.45) is 0. The average Bonchev–Trinajstić information content (AvgIpc) is 2.97. The molecule has 0 aliphatic carbocycles. The molecule has 1 heterocycles. The van der Waals surface area contributed by atoms with Gasteiger partial charge in [-0.3, -0.25) is 4.79 Å². The van der Waals surface area contributed by atoms with E-state index in [1.165, 1.54) is 16.7 Å². The van der Waals surface area contributed by atoms with E-state index in [1.807, 2.05) is 54.1 Å². The van der Waals surface area contributed by atoms with Gasteiger partial charge in [-0.05, 0) is 23.6 Å². The van der Waals surface area contributed by atoms with Crippen molar-refractivity contribution in [2.24, 2.45) is 12.0 Å². The minimum Gasteiger partial charge on any atom is -0.484 e. The number of hydrogen-bond donors (Lipinski definition) is 0. The Bertz CT molecular complexity index is 1130. The van der Waals surface area contributed by atoms with E-state index < -0.39 is 0 Å². The third kappa shape index (κ3) is 3.06. The molecule has 0 saturated carbocycles. The second kappa shape index (κ2) is 6.53. The third-order valence-corrected chi connectivity index (χ3v) is 5.11. The molecule has 0 spiro atoms. The zero-order chi connectivity index (χ0) is 17.2. The van der Waals surface area contributed by atoms with Crippen LogP contribution in [0.5, 0.6) is 5.75 Å². The molecule has 3 aromatic carbocycles. The first-order chi connectivity index (χ1) is 12.2. The maximum absolute atomic E-state index is 12.2. The summed E-state index contributed by atoms with van der Waals surface area (Å²) in [4.78, 5) is 17.1. The van der Waals surface area contributed by atoms with Crippen LogP contribution in [-0.4, -0.2) is 17.1 Å². The molecule has 0 saturated heterocycles. The number of aromatic nitrogens is 1. The Morgan fingerprint density at radius 1 is 1.04 bits per heavy atom. The second-order valence-corrected chi connectivity index (χ2v) is 6.69. The van der Waals surface area contributed by atoms with Crippen LogP contribution in [0, 0.1) is 0 Å². The van der Waals surface area contributed by atoms with Crippen LogP contribution in [0.4, 0.5) is 0 Å². The van der Waals surface area contributed by atoms with E-state index in [2.05, 4.69) is 29.3 Å². The van der Waals surface area contributed by atoms with Gasteiger partial charge >= 0.3 is 0 Å². The summed E-state index contributed by atoms with van der Waals surface area (Å²) >= 11 is 1.51. The predicted molar refractivity (Wildman–Crippen MR) is 101 cm³/mol. The quantitative estimate of drug-likeness (QED) is 0.564. The van der Waals surface area contributed by atoms with E-state index in [0.717, 1.165) is 15.6 Å². The molecule has 0 N–H and O–H groups in total. The van der Waals surface area contributed by atoms with Gasteiger partial charge in [-0.15, -0.1) is 0 Å². The Morgan fingerprint density at radius 3 is 2.64 bits per heavy atom. The standard InChI is InChI=1S/C20H16N2O2S/c1-22-19-16-10-6-5-7-14(16)11-12-17(19)25-20(22)21-18(23)13-24-15-8-3-2-4-9-15/h2-12H,13H2,1H3. The highest BCUT2D eigenvalue weighted by Gasteiger charge is 2.08. The van der Waals surface area contributed by atoms with Crippen LogP contribution in [-0.2, 0) is 11.8 Å². The molecule has 25 heavy (non-hydrogen) atoms. The zero-order valence-electron chi connectivity index (χ0n) is 13.7. The number of hydrogen-bond acceptors (Lipinski definition) is 3. The number of thiazole rings is 1. The lowest BCUT2D eigenvalue weighted by Gasteiger charge is -2.02. The summed E-state index contributed by atoms with van der Waals surface area (Å²) in [6, 6.07) is 21.7. The average molecular weight is 348 g/mol. The number of carbonyl (C=O) groups is 1. The Morgan fingerprint density at radius 2 is 1.80 bits per heavy atom. The fourth-order valence-corrected chi connectivity index (χ4v) is 3.88. The number of ether oxygens (including phenoxy) is 1. The van der Waals surface area contributed by atoms with Crippen LogP contribution in [0.2, 0.25) is 0 Å². The number of rotatable bonds is 3. The van der Waals surface area contributed by atoms with Crippen molar-refractivity contribution < 1.29 is 9.53 Å². The van der Waals surface area contributed by atoms with Gasteiger partial charge in [0.25, 0.3) is 5.91 Å². The molecule has 124 valence electrons. The molecule has 5 heteroatoms. The lowest BCUT2D eigenvalue weighted by atomic mass is 10.1. The largest absolute Gasteiger partial charge is 0.484 e. The van der Waals surface area contributed by atoms with Gasteiger partial charge in [0.2, 0.25) is 0 Å². The first-order valence-electron chi connectivity index (χ1n) is 7.95. The Labute approximate surface area is 148 Å². The predicted octanol–water partition coefficient (Wildman–Crippen LogP) is 3.90. The van der Waals surface area contributed by atoms with Crippen molar-refractivity contribution in [2.75, 3.05) is 6.61 Å². The summed E-state index contributed by atoms with van der Waals surface area (Å²) in [5.41, 5.74) is 1.10. The molecular weight excluding hydrogens is 332 g/mol. The number of fused-ring (bicyclic) bond motifs is 3. The topological polar surface area (TPSA) is 43.6 Å². The lowest BCUT2D eigenvalue weighted by Crippen LogP contribution is -2.17. The molecule has 1 aromatic heterocycles. The SMILES string of the molecule is Cn1c(=NC(=O)COc2ccccc2)sc2ccc3ccccc3c21. The van der Waals surface area contributed by atoms with Gasteiger partial charge in [0, 0.05) is 12.4 Å². The summed E-state index contributed by atoms with van der Waals surface area (Å²) in [5.74, 6) is 0.369. The van der Waals surface area contributed by atoms with Gasteiger partial charge in [-0.2, -0.15) is 4.99 Å². The van der Waals surface area contributed by atoms with E-state index in [-0.39, 0.29) is 12.5 Å². The molecule has 0 aliphatic heterocycles. The molecule has 4 nitrogen and oxygen atoms in total. The minimum atomic E-state index is -0.296. The maximum atomic E-state index is 12.2. The molecule has 0 fully saturated rings. The second-order valence-electron chi connectivity index (χ2n) is 5.68. The lowest BCUT2D eigenvalue weighted by molar-refractivity contribution is -0.120.